The van der Waals surface area contributed by atoms with Gasteiger partial charge in [0.05, 0.1) is 18.4 Å². The first-order valence-corrected chi connectivity index (χ1v) is 9.08. The van der Waals surface area contributed by atoms with Gasteiger partial charge in [0.15, 0.2) is 0 Å². The monoisotopic (exact) mass is 374 g/mol. The van der Waals surface area contributed by atoms with Gasteiger partial charge in [0, 0.05) is 43.4 Å². The Morgan fingerprint density at radius 3 is 2.86 bits per heavy atom. The Balaban J connectivity index is 1.67. The van der Waals surface area contributed by atoms with Crippen LogP contribution in [0.2, 0.25) is 0 Å². The summed E-state index contributed by atoms with van der Waals surface area (Å²) in [7, 11) is 1.82. The third-order valence-electron chi connectivity index (χ3n) is 5.67. The zero-order valence-corrected chi connectivity index (χ0v) is 15.2. The molecular formula is C20H18N6O2. The number of hydrogen-bond donors (Lipinski definition) is 1. The topological polar surface area (TPSA) is 93.0 Å². The van der Waals surface area contributed by atoms with Gasteiger partial charge in [0.25, 0.3) is 5.91 Å². The first-order chi connectivity index (χ1) is 13.6. The molecule has 1 saturated heterocycles. The van der Waals surface area contributed by atoms with Crippen molar-refractivity contribution in [2.24, 2.45) is 7.05 Å². The Kier molecular flexibility index (Phi) is 3.55. The molecule has 2 aliphatic heterocycles. The van der Waals surface area contributed by atoms with Crippen LogP contribution >= 0.6 is 0 Å². The van der Waals surface area contributed by atoms with Gasteiger partial charge in [-0.05, 0) is 18.1 Å². The molecule has 1 fully saturated rings. The Hall–Kier alpha value is -3.55. The molecule has 0 saturated carbocycles. The highest BCUT2D eigenvalue weighted by molar-refractivity contribution is 6.08. The molecule has 5 rings (SSSR count). The first kappa shape index (κ1) is 16.6. The van der Waals surface area contributed by atoms with Crippen molar-refractivity contribution >= 4 is 17.5 Å². The highest BCUT2D eigenvalue weighted by atomic mass is 16.2. The zero-order chi connectivity index (χ0) is 19.3. The first-order valence-electron chi connectivity index (χ1n) is 9.08. The number of nitrogens with one attached hydrogen (secondary N) is 1. The summed E-state index contributed by atoms with van der Waals surface area (Å²) in [5.41, 5.74) is 1.96. The molecule has 2 atom stereocenters. The van der Waals surface area contributed by atoms with Crippen molar-refractivity contribution in [1.29, 1.82) is 0 Å². The number of hydrogen-bond acceptors (Lipinski definition) is 5. The largest absolute Gasteiger partial charge is 0.329 e. The number of aromatic nitrogens is 4. The standard InChI is InChI=1S/C20H18N6O2/c1-25-12-13(10-23-25)17-20(14-4-2-3-5-15(14)24-19(20)28)6-9-26(17)18(27)16-11-21-7-8-22-16/h2-5,7-8,10-12,17H,6,9H2,1H3,(H,24,28)/t17-,20+/m0/s1. The average molecular weight is 374 g/mol. The van der Waals surface area contributed by atoms with Crippen LogP contribution in [0.4, 0.5) is 5.69 Å². The molecular weight excluding hydrogens is 356 g/mol. The molecule has 1 spiro atoms. The predicted molar refractivity (Wildman–Crippen MR) is 100 cm³/mol. The number of amides is 2. The zero-order valence-electron chi connectivity index (χ0n) is 15.2. The summed E-state index contributed by atoms with van der Waals surface area (Å²) in [5, 5.41) is 7.29. The molecule has 8 heteroatoms. The van der Waals surface area contributed by atoms with Gasteiger partial charge >= 0.3 is 0 Å². The smallest absolute Gasteiger partial charge is 0.274 e. The van der Waals surface area contributed by atoms with Gasteiger partial charge in [-0.1, -0.05) is 18.2 Å². The lowest BCUT2D eigenvalue weighted by atomic mass is 9.73. The SMILES string of the molecule is Cn1cc([C@@H]2N(C(=O)c3cnccn3)CC[C@]23C(=O)Nc2ccccc23)cn1. The van der Waals surface area contributed by atoms with Gasteiger partial charge in [0.2, 0.25) is 5.91 Å². The van der Waals surface area contributed by atoms with E-state index in [0.29, 0.717) is 13.0 Å². The number of rotatable bonds is 2. The predicted octanol–water partition coefficient (Wildman–Crippen LogP) is 1.69. The lowest BCUT2D eigenvalue weighted by Crippen LogP contribution is -2.42. The molecule has 2 aliphatic rings. The normalized spacial score (nSPS) is 23.1. The number of nitrogens with zero attached hydrogens (tertiary/aromatic N) is 5. The number of carbonyl (C=O) groups is 2. The summed E-state index contributed by atoms with van der Waals surface area (Å²) in [5.74, 6) is -0.326. The Morgan fingerprint density at radius 1 is 1.25 bits per heavy atom. The molecule has 3 aromatic rings. The molecule has 0 radical (unpaired) electrons. The number of fused-ring (bicyclic) bond motifs is 2. The van der Waals surface area contributed by atoms with E-state index in [2.05, 4.69) is 20.4 Å². The molecule has 1 N–H and O–H groups in total. The number of aryl methyl sites for hydroxylation is 1. The maximum absolute atomic E-state index is 13.3. The van der Waals surface area contributed by atoms with Crippen molar-refractivity contribution in [2.75, 3.05) is 11.9 Å². The molecule has 0 aliphatic carbocycles. The molecule has 4 heterocycles. The molecule has 8 nitrogen and oxygen atoms in total. The second-order valence-electron chi connectivity index (χ2n) is 7.16. The Labute approximate surface area is 161 Å². The number of likely N-dealkylation sites (tertiary alicyclic amines) is 1. The summed E-state index contributed by atoms with van der Waals surface area (Å²) in [6.07, 6.45) is 8.60. The Bertz CT molecular complexity index is 1080. The molecule has 0 bridgehead atoms. The van der Waals surface area contributed by atoms with E-state index in [1.807, 2.05) is 37.5 Å². The quantitative estimate of drug-likeness (QED) is 0.737. The summed E-state index contributed by atoms with van der Waals surface area (Å²) >= 11 is 0. The van der Waals surface area contributed by atoms with E-state index >= 15 is 0 Å². The van der Waals surface area contributed by atoms with Crippen LogP contribution in [0, 0.1) is 0 Å². The van der Waals surface area contributed by atoms with Crippen LogP contribution in [-0.2, 0) is 17.3 Å². The molecule has 2 amide bonds. The molecule has 140 valence electrons. The van der Waals surface area contributed by atoms with E-state index in [0.717, 1.165) is 16.8 Å². The van der Waals surface area contributed by atoms with Gasteiger partial charge in [0.1, 0.15) is 11.1 Å². The Morgan fingerprint density at radius 2 is 2.11 bits per heavy atom. The van der Waals surface area contributed by atoms with E-state index in [4.69, 9.17) is 0 Å². The number of para-hydroxylation sites is 1. The number of carbonyl (C=O) groups excluding carboxylic acids is 2. The molecule has 28 heavy (non-hydrogen) atoms. The molecule has 1 aromatic carbocycles. The number of anilines is 1. The average Bonchev–Trinajstić information content (AvgIpc) is 3.39. The fourth-order valence-corrected chi connectivity index (χ4v) is 4.51. The van der Waals surface area contributed by atoms with Gasteiger partial charge < -0.3 is 10.2 Å². The number of benzene rings is 1. The molecule has 0 unspecified atom stereocenters. The summed E-state index contributed by atoms with van der Waals surface area (Å²) in [4.78, 5) is 36.4. The van der Waals surface area contributed by atoms with E-state index < -0.39 is 11.5 Å². The van der Waals surface area contributed by atoms with Gasteiger partial charge in [-0.15, -0.1) is 0 Å². The molecule has 2 aromatic heterocycles. The van der Waals surface area contributed by atoms with Crippen LogP contribution in [-0.4, -0.2) is 43.0 Å². The highest BCUT2D eigenvalue weighted by Crippen LogP contribution is 2.54. The van der Waals surface area contributed by atoms with Crippen LogP contribution in [0.15, 0.2) is 55.2 Å². The van der Waals surface area contributed by atoms with E-state index in [1.54, 1.807) is 15.8 Å². The third kappa shape index (κ3) is 2.20. The fraction of sp³-hybridized carbons (Fsp3) is 0.250. The summed E-state index contributed by atoms with van der Waals surface area (Å²) < 4.78 is 1.69. The van der Waals surface area contributed by atoms with Crippen molar-refractivity contribution in [1.82, 2.24) is 24.6 Å². The van der Waals surface area contributed by atoms with Crippen molar-refractivity contribution < 1.29 is 9.59 Å². The minimum atomic E-state index is -0.850. The lowest BCUT2D eigenvalue weighted by molar-refractivity contribution is -0.121. The van der Waals surface area contributed by atoms with Crippen molar-refractivity contribution in [2.45, 2.75) is 17.9 Å². The van der Waals surface area contributed by atoms with Crippen LogP contribution in [0.25, 0.3) is 0 Å². The minimum Gasteiger partial charge on any atom is -0.329 e. The van der Waals surface area contributed by atoms with E-state index in [-0.39, 0.29) is 17.5 Å². The van der Waals surface area contributed by atoms with Gasteiger partial charge in [-0.3, -0.25) is 19.3 Å². The minimum absolute atomic E-state index is 0.0861. The van der Waals surface area contributed by atoms with Crippen molar-refractivity contribution in [3.05, 3.63) is 72.1 Å². The summed E-state index contributed by atoms with van der Waals surface area (Å²) in [6, 6.07) is 7.21. The lowest BCUT2D eigenvalue weighted by Gasteiger charge is -2.33. The van der Waals surface area contributed by atoms with Crippen molar-refractivity contribution in [3.63, 3.8) is 0 Å². The van der Waals surface area contributed by atoms with E-state index in [9.17, 15) is 9.59 Å². The highest BCUT2D eigenvalue weighted by Gasteiger charge is 2.59. The van der Waals surface area contributed by atoms with Crippen LogP contribution in [0.1, 0.15) is 34.1 Å². The van der Waals surface area contributed by atoms with Gasteiger partial charge in [-0.2, -0.15) is 5.10 Å². The van der Waals surface area contributed by atoms with Crippen LogP contribution < -0.4 is 5.32 Å². The van der Waals surface area contributed by atoms with Crippen molar-refractivity contribution in [3.8, 4) is 0 Å². The second-order valence-corrected chi connectivity index (χ2v) is 7.16. The van der Waals surface area contributed by atoms with Gasteiger partial charge in [-0.25, -0.2) is 4.98 Å². The van der Waals surface area contributed by atoms with Crippen LogP contribution in [0.3, 0.4) is 0 Å². The third-order valence-corrected chi connectivity index (χ3v) is 5.67. The summed E-state index contributed by atoms with van der Waals surface area (Å²) in [6.45, 7) is 0.441. The fourth-order valence-electron chi connectivity index (χ4n) is 4.51. The second kappa shape index (κ2) is 5.98. The van der Waals surface area contributed by atoms with Crippen LogP contribution in [0.5, 0.6) is 0 Å². The maximum atomic E-state index is 13.3. The maximum Gasteiger partial charge on any atom is 0.274 e. The van der Waals surface area contributed by atoms with E-state index in [1.165, 1.54) is 18.6 Å².